The molecule has 1 aromatic rings. The molecular weight excluding hydrogens is 253 g/mol. The molecule has 0 radical (unpaired) electrons. The molecule has 0 aliphatic rings. The standard InChI is InChI=1S/C13H14FNO4/c1-2-7-15(8-13(17)18)12(16)9-19-11-6-4-3-5-10(11)14/h2-6H,1,7-9H2,(H,17,18). The van der Waals surface area contributed by atoms with Crippen LogP contribution in [0.1, 0.15) is 0 Å². The molecule has 19 heavy (non-hydrogen) atoms. The largest absolute Gasteiger partial charge is 0.481 e. The van der Waals surface area contributed by atoms with Crippen molar-refractivity contribution in [2.45, 2.75) is 0 Å². The summed E-state index contributed by atoms with van der Waals surface area (Å²) in [5.41, 5.74) is 0. The predicted molar refractivity (Wildman–Crippen MR) is 66.3 cm³/mol. The first kappa shape index (κ1) is 14.7. The van der Waals surface area contributed by atoms with Gasteiger partial charge < -0.3 is 14.7 Å². The second-order valence-electron chi connectivity index (χ2n) is 3.68. The second-order valence-corrected chi connectivity index (χ2v) is 3.68. The van der Waals surface area contributed by atoms with E-state index in [1.807, 2.05) is 0 Å². The molecule has 0 aliphatic heterocycles. The summed E-state index contributed by atoms with van der Waals surface area (Å²) in [6.07, 6.45) is 1.41. The molecule has 0 fully saturated rings. The third-order valence-corrected chi connectivity index (χ3v) is 2.22. The molecule has 1 amide bonds. The Morgan fingerprint density at radius 1 is 1.42 bits per heavy atom. The number of hydrogen-bond donors (Lipinski definition) is 1. The lowest BCUT2D eigenvalue weighted by Crippen LogP contribution is -2.38. The van der Waals surface area contributed by atoms with Gasteiger partial charge in [-0.1, -0.05) is 18.2 Å². The van der Waals surface area contributed by atoms with E-state index >= 15 is 0 Å². The van der Waals surface area contributed by atoms with E-state index in [0.29, 0.717) is 0 Å². The second kappa shape index (κ2) is 7.15. The Hall–Kier alpha value is -2.37. The number of carboxylic acid groups (broad SMARTS) is 1. The minimum atomic E-state index is -1.14. The highest BCUT2D eigenvalue weighted by Crippen LogP contribution is 2.15. The van der Waals surface area contributed by atoms with Crippen LogP contribution in [-0.4, -0.2) is 41.6 Å². The van der Waals surface area contributed by atoms with Gasteiger partial charge in [0.25, 0.3) is 5.91 Å². The van der Waals surface area contributed by atoms with E-state index in [4.69, 9.17) is 9.84 Å². The van der Waals surface area contributed by atoms with E-state index in [1.165, 1.54) is 24.3 Å². The van der Waals surface area contributed by atoms with Gasteiger partial charge in [-0.15, -0.1) is 6.58 Å². The van der Waals surface area contributed by atoms with E-state index in [9.17, 15) is 14.0 Å². The minimum Gasteiger partial charge on any atom is -0.481 e. The molecule has 102 valence electrons. The van der Waals surface area contributed by atoms with Crippen LogP contribution in [0.4, 0.5) is 4.39 Å². The number of nitrogens with zero attached hydrogens (tertiary/aromatic N) is 1. The van der Waals surface area contributed by atoms with Gasteiger partial charge in [0.05, 0.1) is 0 Å². The van der Waals surface area contributed by atoms with Crippen LogP contribution in [0.3, 0.4) is 0 Å². The number of amides is 1. The number of carbonyl (C=O) groups is 2. The summed E-state index contributed by atoms with van der Waals surface area (Å²) in [5, 5.41) is 8.66. The first-order valence-electron chi connectivity index (χ1n) is 5.52. The van der Waals surface area contributed by atoms with E-state index in [1.54, 1.807) is 6.07 Å². The fourth-order valence-corrected chi connectivity index (χ4v) is 1.37. The van der Waals surface area contributed by atoms with Crippen molar-refractivity contribution >= 4 is 11.9 Å². The number of carbonyl (C=O) groups excluding carboxylic acids is 1. The highest BCUT2D eigenvalue weighted by Gasteiger charge is 2.16. The van der Waals surface area contributed by atoms with Crippen molar-refractivity contribution in [3.05, 3.63) is 42.7 Å². The van der Waals surface area contributed by atoms with Crippen molar-refractivity contribution in [3.63, 3.8) is 0 Å². The van der Waals surface area contributed by atoms with Gasteiger partial charge >= 0.3 is 5.97 Å². The molecule has 0 spiro atoms. The molecule has 0 aromatic heterocycles. The van der Waals surface area contributed by atoms with Gasteiger partial charge in [-0.2, -0.15) is 0 Å². The molecule has 0 saturated carbocycles. The molecule has 0 saturated heterocycles. The molecule has 1 rings (SSSR count). The molecule has 5 nitrogen and oxygen atoms in total. The maximum Gasteiger partial charge on any atom is 0.323 e. The van der Waals surface area contributed by atoms with Crippen molar-refractivity contribution in [2.24, 2.45) is 0 Å². The SMILES string of the molecule is C=CCN(CC(=O)O)C(=O)COc1ccccc1F. The normalized spacial score (nSPS) is 9.74. The Morgan fingerprint density at radius 2 is 2.11 bits per heavy atom. The Bertz CT molecular complexity index is 475. The van der Waals surface area contributed by atoms with E-state index in [2.05, 4.69) is 6.58 Å². The van der Waals surface area contributed by atoms with Crippen LogP contribution in [0.15, 0.2) is 36.9 Å². The predicted octanol–water partition coefficient (Wildman–Crippen LogP) is 1.30. The van der Waals surface area contributed by atoms with Crippen LogP contribution < -0.4 is 4.74 Å². The minimum absolute atomic E-state index is 0.0512. The van der Waals surface area contributed by atoms with E-state index < -0.39 is 30.8 Å². The number of rotatable bonds is 7. The first-order valence-corrected chi connectivity index (χ1v) is 5.52. The van der Waals surface area contributed by atoms with Gasteiger partial charge in [-0.05, 0) is 12.1 Å². The third-order valence-electron chi connectivity index (χ3n) is 2.22. The molecule has 0 bridgehead atoms. The topological polar surface area (TPSA) is 66.8 Å². The zero-order valence-electron chi connectivity index (χ0n) is 10.2. The van der Waals surface area contributed by atoms with Gasteiger partial charge in [0.2, 0.25) is 0 Å². The van der Waals surface area contributed by atoms with Crippen molar-refractivity contribution in [1.29, 1.82) is 0 Å². The number of carboxylic acids is 1. The molecule has 0 aliphatic carbocycles. The van der Waals surface area contributed by atoms with Crippen molar-refractivity contribution in [1.82, 2.24) is 4.90 Å². The van der Waals surface area contributed by atoms with Crippen LogP contribution >= 0.6 is 0 Å². The van der Waals surface area contributed by atoms with Gasteiger partial charge in [0, 0.05) is 6.54 Å². The smallest absolute Gasteiger partial charge is 0.323 e. The van der Waals surface area contributed by atoms with Gasteiger partial charge in [0.15, 0.2) is 18.2 Å². The average molecular weight is 267 g/mol. The molecule has 1 N–H and O–H groups in total. The van der Waals surface area contributed by atoms with Crippen LogP contribution in [0.2, 0.25) is 0 Å². The summed E-state index contributed by atoms with van der Waals surface area (Å²) in [6, 6.07) is 5.66. The maximum atomic E-state index is 13.2. The molecule has 1 aromatic carbocycles. The Kier molecular flexibility index (Phi) is 5.53. The van der Waals surface area contributed by atoms with Gasteiger partial charge in [-0.3, -0.25) is 9.59 Å². The van der Waals surface area contributed by atoms with E-state index in [-0.39, 0.29) is 12.3 Å². The summed E-state index contributed by atoms with van der Waals surface area (Å²) in [5.74, 6) is -2.32. The quantitative estimate of drug-likeness (QED) is 0.756. The fourth-order valence-electron chi connectivity index (χ4n) is 1.37. The van der Waals surface area contributed by atoms with Crippen LogP contribution in [-0.2, 0) is 9.59 Å². The number of halogens is 1. The molecule has 0 unspecified atom stereocenters. The summed E-state index contributed by atoms with van der Waals surface area (Å²) in [7, 11) is 0. The lowest BCUT2D eigenvalue weighted by Gasteiger charge is -2.19. The summed E-state index contributed by atoms with van der Waals surface area (Å²) >= 11 is 0. The van der Waals surface area contributed by atoms with E-state index in [0.717, 1.165) is 4.90 Å². The number of hydrogen-bond acceptors (Lipinski definition) is 3. The summed E-state index contributed by atoms with van der Waals surface area (Å²) in [6.45, 7) is 2.64. The lowest BCUT2D eigenvalue weighted by atomic mass is 10.3. The Balaban J connectivity index is 2.59. The molecule has 0 heterocycles. The van der Waals surface area contributed by atoms with Crippen LogP contribution in [0, 0.1) is 5.82 Å². The summed E-state index contributed by atoms with van der Waals surface area (Å²) < 4.78 is 18.3. The molecular formula is C13H14FNO4. The van der Waals surface area contributed by atoms with Crippen molar-refractivity contribution in [3.8, 4) is 5.75 Å². The van der Waals surface area contributed by atoms with Crippen LogP contribution in [0.25, 0.3) is 0 Å². The first-order chi connectivity index (χ1) is 9.04. The monoisotopic (exact) mass is 267 g/mol. The maximum absolute atomic E-state index is 13.2. The Morgan fingerprint density at radius 3 is 2.68 bits per heavy atom. The highest BCUT2D eigenvalue weighted by atomic mass is 19.1. The average Bonchev–Trinajstić information content (AvgIpc) is 2.36. The zero-order chi connectivity index (χ0) is 14.3. The summed E-state index contributed by atoms with van der Waals surface area (Å²) in [4.78, 5) is 23.4. The zero-order valence-corrected chi connectivity index (χ0v) is 10.2. The number of ether oxygens (including phenoxy) is 1. The number of benzene rings is 1. The molecule has 0 atom stereocenters. The van der Waals surface area contributed by atoms with Gasteiger partial charge in [-0.25, -0.2) is 4.39 Å². The number of para-hydroxylation sites is 1. The number of aliphatic carboxylic acids is 1. The highest BCUT2D eigenvalue weighted by molar-refractivity contribution is 5.82. The van der Waals surface area contributed by atoms with Crippen LogP contribution in [0.5, 0.6) is 5.75 Å². The molecule has 6 heteroatoms. The lowest BCUT2D eigenvalue weighted by molar-refractivity contribution is -0.144. The third kappa shape index (κ3) is 4.79. The van der Waals surface area contributed by atoms with Crippen molar-refractivity contribution in [2.75, 3.05) is 19.7 Å². The Labute approximate surface area is 109 Å². The van der Waals surface area contributed by atoms with Crippen molar-refractivity contribution < 1.29 is 23.8 Å². The fraction of sp³-hybridized carbons (Fsp3) is 0.231. The van der Waals surface area contributed by atoms with Gasteiger partial charge in [0.1, 0.15) is 6.54 Å².